The van der Waals surface area contributed by atoms with Crippen molar-refractivity contribution in [1.82, 2.24) is 0 Å². The summed E-state index contributed by atoms with van der Waals surface area (Å²) in [4.78, 5) is 0. The molecule has 0 aromatic carbocycles. The summed E-state index contributed by atoms with van der Waals surface area (Å²) in [5.41, 5.74) is 0. The molecular weight excluding hydrogens is 291 g/mol. The minimum absolute atomic E-state index is 0.962. The van der Waals surface area contributed by atoms with E-state index in [2.05, 4.69) is 12.7 Å². The number of halogens is 1. The van der Waals surface area contributed by atoms with Crippen molar-refractivity contribution in [1.29, 1.82) is 0 Å². The first-order chi connectivity index (χ1) is 2.94. The van der Waals surface area contributed by atoms with Crippen molar-refractivity contribution in [2.24, 2.45) is 0 Å². The van der Waals surface area contributed by atoms with Gasteiger partial charge in [-0.05, 0) is 0 Å². The van der Waals surface area contributed by atoms with Crippen LogP contribution in [0.15, 0.2) is 0 Å². The van der Waals surface area contributed by atoms with Gasteiger partial charge in [-0.3, -0.25) is 0 Å². The second kappa shape index (κ2) is 2.54. The molecule has 7 heavy (non-hydrogen) atoms. The Hall–Kier alpha value is 1.03. The van der Waals surface area contributed by atoms with Gasteiger partial charge in [0, 0.05) is 0 Å². The van der Waals surface area contributed by atoms with Crippen LogP contribution in [-0.2, 0) is 10.1 Å². The van der Waals surface area contributed by atoms with E-state index in [0.717, 1.165) is 6.26 Å². The number of hydrogen-bond acceptors (Lipinski definition) is 3. The standard InChI is InChI=1S/CH3O2S.BrH.O.Sn/c1-4(2)3;;;/h1H3;1H;;/q;;;+1/p-1. The van der Waals surface area contributed by atoms with Crippen LogP contribution in [0.3, 0.4) is 0 Å². The maximum atomic E-state index is 10.1. The van der Waals surface area contributed by atoms with E-state index in [4.69, 9.17) is 0 Å². The second-order valence-electron chi connectivity index (χ2n) is 1.01. The number of hydrogen-bond donors (Lipinski definition) is 0. The molecule has 0 saturated carbocycles. The molecule has 0 amide bonds. The van der Waals surface area contributed by atoms with Gasteiger partial charge in [0.15, 0.2) is 0 Å². The van der Waals surface area contributed by atoms with E-state index < -0.39 is 23.2 Å². The molecule has 3 nitrogen and oxygen atoms in total. The molecule has 42 valence electrons. The van der Waals surface area contributed by atoms with Gasteiger partial charge in [0.25, 0.3) is 0 Å². The summed E-state index contributed by atoms with van der Waals surface area (Å²) < 4.78 is 30.2. The van der Waals surface area contributed by atoms with Crippen LogP contribution in [0.1, 0.15) is 0 Å². The summed E-state index contributed by atoms with van der Waals surface area (Å²) in [6, 6.07) is 0. The summed E-state index contributed by atoms with van der Waals surface area (Å²) in [6.07, 6.45) is 0.962. The Kier molecular flexibility index (Phi) is 2.91. The molecule has 0 bridgehead atoms. The van der Waals surface area contributed by atoms with Gasteiger partial charge < -0.3 is 0 Å². The van der Waals surface area contributed by atoms with Gasteiger partial charge >= 0.3 is 53.6 Å². The second-order valence-corrected chi connectivity index (χ2v) is 21.1. The molecule has 0 rings (SSSR count). The van der Waals surface area contributed by atoms with Crippen molar-refractivity contribution in [2.45, 2.75) is 0 Å². The molecule has 0 aromatic heterocycles. The van der Waals surface area contributed by atoms with Crippen LogP contribution in [0.2, 0.25) is 0 Å². The Morgan fingerprint density at radius 3 is 1.71 bits per heavy atom. The van der Waals surface area contributed by atoms with E-state index in [1.807, 2.05) is 0 Å². The summed E-state index contributed by atoms with van der Waals surface area (Å²) in [5.74, 6) is 0. The van der Waals surface area contributed by atoms with E-state index in [9.17, 15) is 11.5 Å². The molecule has 0 saturated heterocycles. The van der Waals surface area contributed by atoms with Crippen molar-refractivity contribution < 1.29 is 11.5 Å². The molecule has 0 fully saturated rings. The average molecular weight is 294 g/mol. The van der Waals surface area contributed by atoms with E-state index >= 15 is 0 Å². The Morgan fingerprint density at radius 2 is 1.71 bits per heavy atom. The fourth-order valence-corrected chi connectivity index (χ4v) is 0. The van der Waals surface area contributed by atoms with Gasteiger partial charge in [0.05, 0.1) is 0 Å². The predicted octanol–water partition coefficient (Wildman–Crippen LogP) is -0.159. The molecule has 0 aromatic rings. The predicted molar refractivity (Wildman–Crippen MR) is 30.2 cm³/mol. The van der Waals surface area contributed by atoms with Crippen LogP contribution >= 0.6 is 12.7 Å². The first kappa shape index (κ1) is 8.03. The molecule has 0 atom stereocenters. The van der Waals surface area contributed by atoms with E-state index in [1.165, 1.54) is 0 Å². The quantitative estimate of drug-likeness (QED) is 0.632. The summed E-state index contributed by atoms with van der Waals surface area (Å²) >= 11 is -0.758. The Labute approximate surface area is 53.3 Å². The van der Waals surface area contributed by atoms with Gasteiger partial charge in [-0.1, -0.05) is 0 Å². The van der Waals surface area contributed by atoms with Crippen molar-refractivity contribution in [2.75, 3.05) is 6.26 Å². The van der Waals surface area contributed by atoms with Crippen LogP contribution in [0.25, 0.3) is 0 Å². The SMILES string of the molecule is C[S](=O)(=O)[Sn](=[O])[Br]. The van der Waals surface area contributed by atoms with E-state index in [-0.39, 0.29) is 0 Å². The average Bonchev–Trinajstić information content (AvgIpc) is 1.31. The Bertz CT molecular complexity index is 169. The van der Waals surface area contributed by atoms with Gasteiger partial charge in [-0.2, -0.15) is 0 Å². The van der Waals surface area contributed by atoms with E-state index in [1.54, 1.807) is 0 Å². The van der Waals surface area contributed by atoms with E-state index in [0.29, 0.717) is 0 Å². The molecule has 6 heteroatoms. The van der Waals surface area contributed by atoms with Crippen LogP contribution in [0.5, 0.6) is 0 Å². The van der Waals surface area contributed by atoms with Crippen LogP contribution in [0.4, 0.5) is 0 Å². The molecule has 0 N–H and O–H groups in total. The Morgan fingerprint density at radius 1 is 1.57 bits per heavy atom. The monoisotopic (exact) mass is 294 g/mol. The van der Waals surface area contributed by atoms with Gasteiger partial charge in [0.1, 0.15) is 0 Å². The fourth-order valence-electron chi connectivity index (χ4n) is 0. The normalized spacial score (nSPS) is 11.1. The fraction of sp³-hybridized carbons (Fsp3) is 1.00. The molecule has 0 heterocycles. The third kappa shape index (κ3) is 3.60. The van der Waals surface area contributed by atoms with Gasteiger partial charge in [0.2, 0.25) is 0 Å². The van der Waals surface area contributed by atoms with Gasteiger partial charge in [-0.25, -0.2) is 0 Å². The zero-order chi connectivity index (χ0) is 6.08. The summed E-state index contributed by atoms with van der Waals surface area (Å²) in [7, 11) is -3.18. The van der Waals surface area contributed by atoms with Crippen molar-refractivity contribution in [3.8, 4) is 0 Å². The molecule has 0 aliphatic carbocycles. The third-order valence-electron chi connectivity index (χ3n) is 0.292. The van der Waals surface area contributed by atoms with Crippen molar-refractivity contribution in [3.63, 3.8) is 0 Å². The van der Waals surface area contributed by atoms with Crippen molar-refractivity contribution >= 4 is 35.9 Å². The molecule has 0 unspecified atom stereocenters. The minimum atomic E-state index is -3.31. The molecular formula is CH3BrO3SSn. The molecule has 0 aliphatic rings. The van der Waals surface area contributed by atoms with Crippen LogP contribution in [0, 0.1) is 0 Å². The molecule has 0 spiro atoms. The zero-order valence-electron chi connectivity index (χ0n) is 3.51. The Balaban J connectivity index is 4.43. The molecule has 0 aliphatic heterocycles. The van der Waals surface area contributed by atoms with Crippen LogP contribution < -0.4 is 0 Å². The zero-order valence-corrected chi connectivity index (χ0v) is 8.77. The third-order valence-corrected chi connectivity index (χ3v) is 17.7. The first-order valence-corrected chi connectivity index (χ1v) is 14.3. The molecule has 0 radical (unpaired) electrons. The van der Waals surface area contributed by atoms with Gasteiger partial charge in [-0.15, -0.1) is 0 Å². The number of rotatable bonds is 1. The first-order valence-electron chi connectivity index (χ1n) is 1.34. The van der Waals surface area contributed by atoms with Crippen LogP contribution in [-0.4, -0.2) is 30.8 Å². The summed E-state index contributed by atoms with van der Waals surface area (Å²) in [5, 5.41) is 0. The maximum absolute atomic E-state index is 10.1. The topological polar surface area (TPSA) is 51.2 Å². The summed E-state index contributed by atoms with van der Waals surface area (Å²) in [6.45, 7) is 0. The van der Waals surface area contributed by atoms with Crippen molar-refractivity contribution in [3.05, 3.63) is 0 Å².